The van der Waals surface area contributed by atoms with E-state index in [1.165, 1.54) is 12.8 Å². The molecule has 0 spiro atoms. The van der Waals surface area contributed by atoms with E-state index in [4.69, 9.17) is 9.47 Å². The van der Waals surface area contributed by atoms with Gasteiger partial charge < -0.3 is 24.8 Å². The van der Waals surface area contributed by atoms with Gasteiger partial charge in [-0.1, -0.05) is 0 Å². The summed E-state index contributed by atoms with van der Waals surface area (Å²) in [5.74, 6) is 1.54. The Morgan fingerprint density at radius 3 is 2.67 bits per heavy atom. The number of ether oxygens (including phenoxy) is 2. The molecular weight excluding hydrogens is 332 g/mol. The number of thioether (sulfide) groups is 1. The maximum absolute atomic E-state index is 11.9. The molecule has 6 nitrogen and oxygen atoms in total. The number of hydrogen-bond acceptors (Lipinski definition) is 6. The molecular formula is C17H22O6S. The monoisotopic (exact) mass is 354 g/mol. The van der Waals surface area contributed by atoms with Crippen molar-refractivity contribution in [2.24, 2.45) is 23.2 Å². The Hall–Kier alpha value is -0.760. The third kappa shape index (κ3) is 1.81. The zero-order valence-electron chi connectivity index (χ0n) is 13.4. The van der Waals surface area contributed by atoms with E-state index in [1.807, 2.05) is 0 Å². The fourth-order valence-electron chi connectivity index (χ4n) is 5.94. The summed E-state index contributed by atoms with van der Waals surface area (Å²) >= 11 is 1.10. The smallest absolute Gasteiger partial charge is 0.345 e. The highest BCUT2D eigenvalue weighted by Crippen LogP contribution is 2.74. The molecule has 5 rings (SSSR count). The standard InChI is InChI=1S/C17H22O6S/c1-6-10(18)11(19)12-16(22-6)23-14(13(24-12)15(20)21)17-4-7-2-8(5-17)9(17)3-7/h6-12,16,18-19H,2-5H2,1H3,(H,20,21). The number of fused-ring (bicyclic) bond motifs is 2. The van der Waals surface area contributed by atoms with Crippen molar-refractivity contribution < 1.29 is 29.6 Å². The van der Waals surface area contributed by atoms with Crippen LogP contribution in [0.1, 0.15) is 32.6 Å². The molecule has 0 aromatic carbocycles. The van der Waals surface area contributed by atoms with Crippen LogP contribution in [0.5, 0.6) is 0 Å². The summed E-state index contributed by atoms with van der Waals surface area (Å²) in [4.78, 5) is 12.1. The highest BCUT2D eigenvalue weighted by Gasteiger charge is 2.68. The van der Waals surface area contributed by atoms with Crippen LogP contribution in [0.2, 0.25) is 0 Å². The molecule has 0 radical (unpaired) electrons. The molecule has 3 saturated carbocycles. The number of aliphatic hydroxyl groups is 2. The fourth-order valence-corrected chi connectivity index (χ4v) is 7.21. The summed E-state index contributed by atoms with van der Waals surface area (Å²) in [6.07, 6.45) is 1.15. The molecule has 132 valence electrons. The number of allylic oxidation sites excluding steroid dienone is 1. The number of aliphatic carboxylic acids is 1. The van der Waals surface area contributed by atoms with Gasteiger partial charge in [0.25, 0.3) is 0 Å². The first-order chi connectivity index (χ1) is 11.4. The van der Waals surface area contributed by atoms with Gasteiger partial charge in [-0.25, -0.2) is 4.79 Å². The Bertz CT molecular complexity index is 635. The van der Waals surface area contributed by atoms with Crippen molar-refractivity contribution in [1.29, 1.82) is 0 Å². The number of carboxylic acids is 1. The van der Waals surface area contributed by atoms with Crippen molar-refractivity contribution in [3.63, 3.8) is 0 Å². The summed E-state index contributed by atoms with van der Waals surface area (Å²) in [7, 11) is 0. The van der Waals surface area contributed by atoms with Gasteiger partial charge in [0.2, 0.25) is 6.29 Å². The van der Waals surface area contributed by atoms with E-state index in [1.54, 1.807) is 6.92 Å². The topological polar surface area (TPSA) is 96.2 Å². The zero-order valence-corrected chi connectivity index (χ0v) is 14.2. The first-order valence-electron chi connectivity index (χ1n) is 8.73. The van der Waals surface area contributed by atoms with Crippen LogP contribution in [0.4, 0.5) is 0 Å². The van der Waals surface area contributed by atoms with Crippen molar-refractivity contribution in [3.8, 4) is 0 Å². The molecule has 2 aliphatic heterocycles. The van der Waals surface area contributed by atoms with E-state index in [0.29, 0.717) is 17.6 Å². The Morgan fingerprint density at radius 2 is 2.04 bits per heavy atom. The molecule has 9 atom stereocenters. The minimum Gasteiger partial charge on any atom is -0.477 e. The quantitative estimate of drug-likeness (QED) is 0.688. The Labute approximate surface area is 144 Å². The van der Waals surface area contributed by atoms with Crippen molar-refractivity contribution >= 4 is 17.7 Å². The summed E-state index contributed by atoms with van der Waals surface area (Å²) < 4.78 is 11.9. The maximum atomic E-state index is 11.9. The zero-order chi connectivity index (χ0) is 16.8. The SMILES string of the molecule is CC1OC2OC(C34CC5CC(C3)C4C5)=C(C(=O)O)SC2C(O)C1O. The van der Waals surface area contributed by atoms with Crippen molar-refractivity contribution in [3.05, 3.63) is 10.7 Å². The van der Waals surface area contributed by atoms with Gasteiger partial charge in [0.1, 0.15) is 28.1 Å². The normalized spacial score (nSPS) is 55.0. The molecule has 9 unspecified atom stereocenters. The van der Waals surface area contributed by atoms with Crippen LogP contribution in [0.25, 0.3) is 0 Å². The Balaban J connectivity index is 1.53. The summed E-state index contributed by atoms with van der Waals surface area (Å²) in [5.41, 5.74) is -0.132. The van der Waals surface area contributed by atoms with Gasteiger partial charge in [-0.05, 0) is 50.4 Å². The Kier molecular flexibility index (Phi) is 3.16. The van der Waals surface area contributed by atoms with Gasteiger partial charge in [0, 0.05) is 5.41 Å². The predicted octanol–water partition coefficient (Wildman–Crippen LogP) is 1.32. The molecule has 5 aliphatic rings. The Morgan fingerprint density at radius 1 is 1.25 bits per heavy atom. The largest absolute Gasteiger partial charge is 0.477 e. The van der Waals surface area contributed by atoms with Crippen molar-refractivity contribution in [2.75, 3.05) is 0 Å². The lowest BCUT2D eigenvalue weighted by atomic mass is 9.51. The summed E-state index contributed by atoms with van der Waals surface area (Å²) in [6.45, 7) is 1.70. The maximum Gasteiger partial charge on any atom is 0.345 e. The highest BCUT2D eigenvalue weighted by atomic mass is 32.2. The lowest BCUT2D eigenvalue weighted by Crippen LogP contribution is -2.59. The van der Waals surface area contributed by atoms with E-state index in [0.717, 1.165) is 30.5 Å². The second-order valence-electron chi connectivity index (χ2n) is 8.12. The minimum absolute atomic E-state index is 0.132. The number of carboxylic acid groups (broad SMARTS) is 1. The van der Waals surface area contributed by atoms with Crippen molar-refractivity contribution in [1.82, 2.24) is 0 Å². The van der Waals surface area contributed by atoms with Crippen LogP contribution in [0.15, 0.2) is 10.7 Å². The second-order valence-corrected chi connectivity index (χ2v) is 9.31. The lowest BCUT2D eigenvalue weighted by molar-refractivity contribution is -0.241. The number of aliphatic hydroxyl groups excluding tert-OH is 2. The van der Waals surface area contributed by atoms with Crippen LogP contribution in [-0.2, 0) is 14.3 Å². The summed E-state index contributed by atoms with van der Waals surface area (Å²) in [5, 5.41) is 29.5. The van der Waals surface area contributed by atoms with E-state index in [-0.39, 0.29) is 10.3 Å². The molecule has 24 heavy (non-hydrogen) atoms. The second kappa shape index (κ2) is 4.90. The molecule has 2 heterocycles. The van der Waals surface area contributed by atoms with E-state index < -0.39 is 35.8 Å². The predicted molar refractivity (Wildman–Crippen MR) is 84.8 cm³/mol. The van der Waals surface area contributed by atoms with Gasteiger partial charge in [-0.3, -0.25) is 0 Å². The molecule has 7 heteroatoms. The average Bonchev–Trinajstić information content (AvgIpc) is 3.02. The molecule has 1 saturated heterocycles. The third-order valence-corrected chi connectivity index (χ3v) is 8.28. The molecule has 3 aliphatic carbocycles. The summed E-state index contributed by atoms with van der Waals surface area (Å²) in [6, 6.07) is 0. The third-order valence-electron chi connectivity index (χ3n) is 6.91. The average molecular weight is 354 g/mol. The molecule has 0 aromatic heterocycles. The highest BCUT2D eigenvalue weighted by molar-refractivity contribution is 8.04. The van der Waals surface area contributed by atoms with Crippen LogP contribution in [-0.4, -0.2) is 51.1 Å². The number of carbonyl (C=O) groups is 1. The molecule has 3 N–H and O–H groups in total. The first-order valence-corrected chi connectivity index (χ1v) is 9.61. The van der Waals surface area contributed by atoms with Crippen molar-refractivity contribution in [2.45, 2.75) is 62.5 Å². The van der Waals surface area contributed by atoms with E-state index in [9.17, 15) is 20.1 Å². The first kappa shape index (κ1) is 15.5. The van der Waals surface area contributed by atoms with Crippen LogP contribution in [0, 0.1) is 23.2 Å². The molecule has 0 aromatic rings. The fraction of sp³-hybridized carbons (Fsp3) is 0.824. The van der Waals surface area contributed by atoms with Gasteiger partial charge in [-0.2, -0.15) is 0 Å². The lowest BCUT2D eigenvalue weighted by Gasteiger charge is -2.56. The van der Waals surface area contributed by atoms with E-state index >= 15 is 0 Å². The van der Waals surface area contributed by atoms with E-state index in [2.05, 4.69) is 0 Å². The van der Waals surface area contributed by atoms with Gasteiger partial charge in [0.05, 0.1) is 6.10 Å². The number of hydrogen-bond donors (Lipinski definition) is 3. The van der Waals surface area contributed by atoms with Crippen LogP contribution < -0.4 is 0 Å². The number of rotatable bonds is 2. The van der Waals surface area contributed by atoms with Gasteiger partial charge in [0.15, 0.2) is 0 Å². The molecule has 4 fully saturated rings. The van der Waals surface area contributed by atoms with Gasteiger partial charge >= 0.3 is 5.97 Å². The van der Waals surface area contributed by atoms with Gasteiger partial charge in [-0.15, -0.1) is 11.8 Å². The molecule has 0 amide bonds. The van der Waals surface area contributed by atoms with Crippen LogP contribution >= 0.6 is 11.8 Å². The minimum atomic E-state index is -1.06. The van der Waals surface area contributed by atoms with Crippen LogP contribution in [0.3, 0.4) is 0 Å². The molecule has 2 bridgehead atoms.